The summed E-state index contributed by atoms with van der Waals surface area (Å²) < 4.78 is 10.5. The number of methoxy groups -OCH3 is 2. The van der Waals surface area contributed by atoms with Gasteiger partial charge in [-0.2, -0.15) is 0 Å². The molecule has 1 fully saturated rings. The number of anilines is 1. The minimum atomic E-state index is -0.0188. The first-order chi connectivity index (χ1) is 15.2. The van der Waals surface area contributed by atoms with Crippen LogP contribution in [0.1, 0.15) is 5.56 Å². The zero-order chi connectivity index (χ0) is 21.6. The first-order valence-electron chi connectivity index (χ1n) is 10.6. The van der Waals surface area contributed by atoms with E-state index in [-0.39, 0.29) is 5.91 Å². The number of ether oxygens (including phenoxy) is 2. The third-order valence-corrected chi connectivity index (χ3v) is 5.77. The molecule has 1 heterocycles. The minimum Gasteiger partial charge on any atom is -0.493 e. The van der Waals surface area contributed by atoms with Gasteiger partial charge in [0.05, 0.1) is 20.8 Å². The molecule has 4 rings (SSSR count). The van der Waals surface area contributed by atoms with E-state index >= 15 is 0 Å². The van der Waals surface area contributed by atoms with Gasteiger partial charge in [-0.25, -0.2) is 0 Å². The highest BCUT2D eigenvalue weighted by molar-refractivity contribution is 5.92. The lowest BCUT2D eigenvalue weighted by Crippen LogP contribution is -2.48. The maximum Gasteiger partial charge on any atom is 0.238 e. The summed E-state index contributed by atoms with van der Waals surface area (Å²) in [6.45, 7) is 4.98. The molecule has 3 aromatic rings. The quantitative estimate of drug-likeness (QED) is 0.634. The van der Waals surface area contributed by atoms with Crippen molar-refractivity contribution in [2.24, 2.45) is 0 Å². The summed E-state index contributed by atoms with van der Waals surface area (Å²) in [4.78, 5) is 17.2. The fourth-order valence-corrected chi connectivity index (χ4v) is 4.09. The van der Waals surface area contributed by atoms with Crippen molar-refractivity contribution in [3.8, 4) is 11.5 Å². The molecule has 1 amide bonds. The van der Waals surface area contributed by atoms with Gasteiger partial charge in [0.1, 0.15) is 0 Å². The first-order valence-corrected chi connectivity index (χ1v) is 10.6. The van der Waals surface area contributed by atoms with Crippen LogP contribution in [0.25, 0.3) is 10.8 Å². The summed E-state index contributed by atoms with van der Waals surface area (Å²) in [5.74, 6) is 1.22. The Hall–Kier alpha value is -3.09. The maximum atomic E-state index is 12.5. The Balaban J connectivity index is 1.28. The smallest absolute Gasteiger partial charge is 0.238 e. The van der Waals surface area contributed by atoms with E-state index < -0.39 is 0 Å². The summed E-state index contributed by atoms with van der Waals surface area (Å²) in [7, 11) is 3.18. The van der Waals surface area contributed by atoms with Gasteiger partial charge in [-0.05, 0) is 28.5 Å². The van der Waals surface area contributed by atoms with Crippen LogP contribution in [0, 0.1) is 0 Å². The molecular weight excluding hydrogens is 390 g/mol. The summed E-state index contributed by atoms with van der Waals surface area (Å²) in [5, 5.41) is 5.56. The van der Waals surface area contributed by atoms with E-state index in [2.05, 4.69) is 57.6 Å². The number of hydrogen-bond donors (Lipinski definition) is 1. The molecule has 0 bridgehead atoms. The summed E-state index contributed by atoms with van der Waals surface area (Å²) in [6, 6.07) is 20.4. The van der Waals surface area contributed by atoms with Crippen LogP contribution in [0.3, 0.4) is 0 Å². The number of nitrogens with zero attached hydrogens (tertiary/aromatic N) is 2. The van der Waals surface area contributed by atoms with Crippen molar-refractivity contribution >= 4 is 22.4 Å². The highest BCUT2D eigenvalue weighted by Crippen LogP contribution is 2.29. The summed E-state index contributed by atoms with van der Waals surface area (Å²) >= 11 is 0. The first kappa shape index (κ1) is 21.2. The Morgan fingerprint density at radius 3 is 2.35 bits per heavy atom. The molecule has 0 atom stereocenters. The predicted octanol–water partition coefficient (Wildman–Crippen LogP) is 3.61. The Bertz CT molecular complexity index is 1040. The average Bonchev–Trinajstić information content (AvgIpc) is 2.80. The molecule has 0 aromatic heterocycles. The fourth-order valence-electron chi connectivity index (χ4n) is 4.09. The largest absolute Gasteiger partial charge is 0.493 e. The zero-order valence-corrected chi connectivity index (χ0v) is 18.1. The number of carbonyl (C=O) groups is 1. The lowest BCUT2D eigenvalue weighted by atomic mass is 10.0. The lowest BCUT2D eigenvalue weighted by molar-refractivity contribution is -0.117. The van der Waals surface area contributed by atoms with E-state index in [0.29, 0.717) is 23.7 Å². The van der Waals surface area contributed by atoms with Gasteiger partial charge >= 0.3 is 0 Å². The van der Waals surface area contributed by atoms with Crippen LogP contribution < -0.4 is 14.8 Å². The SMILES string of the molecule is COc1ccc(NC(=O)CN2CCN(Cc3cccc4ccccc34)CC2)cc1OC. The van der Waals surface area contributed by atoms with Crippen LogP contribution in [0.2, 0.25) is 0 Å². The number of piperazine rings is 1. The molecule has 0 spiro atoms. The Morgan fingerprint density at radius 2 is 1.58 bits per heavy atom. The highest BCUT2D eigenvalue weighted by Gasteiger charge is 2.20. The van der Waals surface area contributed by atoms with Crippen molar-refractivity contribution in [3.05, 3.63) is 66.2 Å². The average molecular weight is 420 g/mol. The molecule has 3 aromatic carbocycles. The van der Waals surface area contributed by atoms with Crippen molar-refractivity contribution < 1.29 is 14.3 Å². The van der Waals surface area contributed by atoms with E-state index in [4.69, 9.17) is 9.47 Å². The van der Waals surface area contributed by atoms with Crippen molar-refractivity contribution in [1.82, 2.24) is 9.80 Å². The summed E-state index contributed by atoms with van der Waals surface area (Å²) in [5.41, 5.74) is 2.06. The number of nitrogens with one attached hydrogen (secondary N) is 1. The molecular formula is C25H29N3O3. The molecule has 0 aliphatic carbocycles. The number of amides is 1. The molecule has 0 radical (unpaired) electrons. The van der Waals surface area contributed by atoms with Crippen LogP contribution in [0.5, 0.6) is 11.5 Å². The van der Waals surface area contributed by atoms with Crippen molar-refractivity contribution in [2.75, 3.05) is 52.3 Å². The normalized spacial score (nSPS) is 15.0. The molecule has 0 unspecified atom stereocenters. The van der Waals surface area contributed by atoms with Gasteiger partial charge in [0.2, 0.25) is 5.91 Å². The van der Waals surface area contributed by atoms with Crippen LogP contribution in [0.15, 0.2) is 60.7 Å². The van der Waals surface area contributed by atoms with E-state index in [1.165, 1.54) is 16.3 Å². The van der Waals surface area contributed by atoms with Gasteiger partial charge in [-0.15, -0.1) is 0 Å². The zero-order valence-electron chi connectivity index (χ0n) is 18.1. The van der Waals surface area contributed by atoms with E-state index in [1.54, 1.807) is 26.4 Å². The van der Waals surface area contributed by atoms with E-state index in [1.807, 2.05) is 6.07 Å². The summed E-state index contributed by atoms with van der Waals surface area (Å²) in [6.07, 6.45) is 0. The molecule has 1 N–H and O–H groups in total. The molecule has 6 nitrogen and oxygen atoms in total. The second-order valence-corrected chi connectivity index (χ2v) is 7.81. The Labute approximate surface area is 183 Å². The monoisotopic (exact) mass is 419 g/mol. The van der Waals surface area contributed by atoms with Crippen molar-refractivity contribution in [1.29, 1.82) is 0 Å². The molecule has 6 heteroatoms. The van der Waals surface area contributed by atoms with E-state index in [0.717, 1.165) is 32.7 Å². The second-order valence-electron chi connectivity index (χ2n) is 7.81. The van der Waals surface area contributed by atoms with Crippen molar-refractivity contribution in [3.63, 3.8) is 0 Å². The topological polar surface area (TPSA) is 54.0 Å². The van der Waals surface area contributed by atoms with Gasteiger partial charge in [-0.3, -0.25) is 14.6 Å². The highest BCUT2D eigenvalue weighted by atomic mass is 16.5. The number of benzene rings is 3. The predicted molar refractivity (Wildman–Crippen MR) is 124 cm³/mol. The number of carbonyl (C=O) groups excluding carboxylic acids is 1. The maximum absolute atomic E-state index is 12.5. The number of rotatable bonds is 7. The fraction of sp³-hybridized carbons (Fsp3) is 0.320. The molecule has 162 valence electrons. The Morgan fingerprint density at radius 1 is 0.871 bits per heavy atom. The Kier molecular flexibility index (Phi) is 6.70. The van der Waals surface area contributed by atoms with Crippen LogP contribution in [0.4, 0.5) is 5.69 Å². The molecule has 31 heavy (non-hydrogen) atoms. The van der Waals surface area contributed by atoms with E-state index in [9.17, 15) is 4.79 Å². The third-order valence-electron chi connectivity index (χ3n) is 5.77. The third kappa shape index (κ3) is 5.16. The molecule has 1 aliphatic heterocycles. The second kappa shape index (κ2) is 9.81. The number of hydrogen-bond acceptors (Lipinski definition) is 5. The van der Waals surface area contributed by atoms with Gasteiger partial charge < -0.3 is 14.8 Å². The van der Waals surface area contributed by atoms with Crippen molar-refractivity contribution in [2.45, 2.75) is 6.54 Å². The minimum absolute atomic E-state index is 0.0188. The van der Waals surface area contributed by atoms with Gasteiger partial charge in [0.25, 0.3) is 0 Å². The van der Waals surface area contributed by atoms with Gasteiger partial charge in [0, 0.05) is 44.5 Å². The van der Waals surface area contributed by atoms with Gasteiger partial charge in [-0.1, -0.05) is 42.5 Å². The molecule has 1 saturated heterocycles. The number of fused-ring (bicyclic) bond motifs is 1. The molecule has 1 aliphatic rings. The van der Waals surface area contributed by atoms with Gasteiger partial charge in [0.15, 0.2) is 11.5 Å². The molecule has 0 saturated carbocycles. The van der Waals surface area contributed by atoms with Crippen LogP contribution >= 0.6 is 0 Å². The lowest BCUT2D eigenvalue weighted by Gasteiger charge is -2.34. The van der Waals surface area contributed by atoms with Crippen LogP contribution in [-0.4, -0.2) is 62.7 Å². The standard InChI is InChI=1S/C25H29N3O3/c1-30-23-11-10-21(16-24(23)31-2)26-25(29)18-28-14-12-27(13-15-28)17-20-8-5-7-19-6-3-4-9-22(19)20/h3-11,16H,12-15,17-18H2,1-2H3,(H,26,29). The van der Waals surface area contributed by atoms with Crippen LogP contribution in [-0.2, 0) is 11.3 Å².